The van der Waals surface area contributed by atoms with Gasteiger partial charge in [-0.1, -0.05) is 35.3 Å². The van der Waals surface area contributed by atoms with Gasteiger partial charge in [0.1, 0.15) is 11.8 Å². The summed E-state index contributed by atoms with van der Waals surface area (Å²) in [5.74, 6) is -1.15. The van der Waals surface area contributed by atoms with Gasteiger partial charge in [-0.05, 0) is 35.9 Å². The van der Waals surface area contributed by atoms with Crippen molar-refractivity contribution >= 4 is 46.0 Å². The highest BCUT2D eigenvalue weighted by atomic mass is 35.5. The second-order valence-corrected chi connectivity index (χ2v) is 6.81. The number of halogens is 2. The molecule has 0 radical (unpaired) electrons. The second-order valence-electron chi connectivity index (χ2n) is 5.99. The molecule has 28 heavy (non-hydrogen) atoms. The molecule has 3 aromatic rings. The van der Waals surface area contributed by atoms with Gasteiger partial charge >= 0.3 is 5.97 Å². The normalized spacial score (nSPS) is 11.8. The highest BCUT2D eigenvalue weighted by molar-refractivity contribution is 6.39. The molecule has 2 N–H and O–H groups in total. The summed E-state index contributed by atoms with van der Waals surface area (Å²) in [6.45, 7) is 0. The third kappa shape index (κ3) is 4.03. The second kappa shape index (κ2) is 8.46. The van der Waals surface area contributed by atoms with Crippen LogP contribution in [-0.4, -0.2) is 35.1 Å². The van der Waals surface area contributed by atoms with Crippen LogP contribution in [0.2, 0.25) is 10.0 Å². The Hall–Kier alpha value is -2.83. The number of nitrogens with zero attached hydrogens (tertiary/aromatic N) is 1. The molecule has 0 fully saturated rings. The first-order chi connectivity index (χ1) is 13.4. The van der Waals surface area contributed by atoms with Crippen molar-refractivity contribution in [2.24, 2.45) is 0 Å². The van der Waals surface area contributed by atoms with Crippen molar-refractivity contribution in [1.29, 1.82) is 0 Å². The summed E-state index contributed by atoms with van der Waals surface area (Å²) in [5, 5.41) is 13.5. The highest BCUT2D eigenvalue weighted by Crippen LogP contribution is 2.27. The fourth-order valence-corrected chi connectivity index (χ4v) is 3.45. The monoisotopic (exact) mass is 418 g/mol. The number of aromatic hydroxyl groups is 1. The molecule has 2 aromatic carbocycles. The number of pyridine rings is 1. The molecule has 0 spiro atoms. The Bertz CT molecular complexity index is 1040. The largest absolute Gasteiger partial charge is 0.507 e. The molecule has 0 bridgehead atoms. The third-order valence-electron chi connectivity index (χ3n) is 4.24. The molecule has 1 unspecified atom stereocenters. The van der Waals surface area contributed by atoms with Crippen molar-refractivity contribution in [3.05, 3.63) is 69.8 Å². The Morgan fingerprint density at radius 1 is 1.14 bits per heavy atom. The number of carbonyl (C=O) groups is 2. The number of methoxy groups -OCH3 is 1. The van der Waals surface area contributed by atoms with Crippen LogP contribution in [0.1, 0.15) is 15.9 Å². The maximum Gasteiger partial charge on any atom is 0.328 e. The van der Waals surface area contributed by atoms with E-state index < -0.39 is 17.9 Å². The molecule has 0 aliphatic rings. The average molecular weight is 419 g/mol. The summed E-state index contributed by atoms with van der Waals surface area (Å²) >= 11 is 12.2. The van der Waals surface area contributed by atoms with Gasteiger partial charge in [0, 0.05) is 18.0 Å². The van der Waals surface area contributed by atoms with Crippen LogP contribution in [0.4, 0.5) is 0 Å². The minimum absolute atomic E-state index is 0.0772. The van der Waals surface area contributed by atoms with Crippen molar-refractivity contribution in [3.63, 3.8) is 0 Å². The fourth-order valence-electron chi connectivity index (χ4n) is 2.88. The van der Waals surface area contributed by atoms with Crippen LogP contribution < -0.4 is 5.32 Å². The number of hydrogen-bond donors (Lipinski definition) is 2. The average Bonchev–Trinajstić information content (AvgIpc) is 2.69. The number of phenolic OH excluding ortho intramolecular Hbond substituents is 1. The number of amides is 1. The quantitative estimate of drug-likeness (QED) is 0.615. The molecule has 1 atom stereocenters. The van der Waals surface area contributed by atoms with E-state index in [2.05, 4.69) is 10.3 Å². The molecule has 0 aliphatic carbocycles. The summed E-state index contributed by atoms with van der Waals surface area (Å²) in [6, 6.07) is 10.3. The third-order valence-corrected chi connectivity index (χ3v) is 4.87. The zero-order valence-corrected chi connectivity index (χ0v) is 16.3. The zero-order chi connectivity index (χ0) is 20.3. The molecule has 8 heteroatoms. The van der Waals surface area contributed by atoms with Crippen LogP contribution in [0.25, 0.3) is 10.9 Å². The van der Waals surface area contributed by atoms with E-state index in [0.29, 0.717) is 16.5 Å². The van der Waals surface area contributed by atoms with Gasteiger partial charge in [-0.15, -0.1) is 0 Å². The van der Waals surface area contributed by atoms with Gasteiger partial charge in [-0.3, -0.25) is 9.78 Å². The first kappa shape index (κ1) is 19.9. The number of aromatic nitrogens is 1. The molecular weight excluding hydrogens is 403 g/mol. The van der Waals surface area contributed by atoms with E-state index >= 15 is 0 Å². The molecule has 6 nitrogen and oxygen atoms in total. The van der Waals surface area contributed by atoms with Crippen molar-refractivity contribution in [2.45, 2.75) is 12.5 Å². The summed E-state index contributed by atoms with van der Waals surface area (Å²) in [7, 11) is 1.23. The number of fused-ring (bicyclic) bond motifs is 1. The van der Waals surface area contributed by atoms with E-state index in [9.17, 15) is 14.7 Å². The van der Waals surface area contributed by atoms with Crippen molar-refractivity contribution in [2.75, 3.05) is 7.11 Å². The number of ether oxygens (including phenoxy) is 1. The Labute approximate surface area is 171 Å². The molecule has 0 saturated carbocycles. The topological polar surface area (TPSA) is 88.5 Å². The maximum atomic E-state index is 12.7. The predicted octanol–water partition coefficient (Wildman–Crippen LogP) is 3.76. The molecule has 1 heterocycles. The Morgan fingerprint density at radius 2 is 1.86 bits per heavy atom. The molecule has 0 aliphatic heterocycles. The minimum Gasteiger partial charge on any atom is -0.507 e. The van der Waals surface area contributed by atoms with Crippen LogP contribution in [0.15, 0.2) is 48.7 Å². The summed E-state index contributed by atoms with van der Waals surface area (Å²) in [5.41, 5.74) is 1.27. The Balaban J connectivity index is 1.93. The lowest BCUT2D eigenvalue weighted by molar-refractivity contribution is -0.142. The Kier molecular flexibility index (Phi) is 6.02. The van der Waals surface area contributed by atoms with Crippen molar-refractivity contribution < 1.29 is 19.4 Å². The van der Waals surface area contributed by atoms with Gasteiger partial charge in [0.15, 0.2) is 0 Å². The highest BCUT2D eigenvalue weighted by Gasteiger charge is 2.26. The van der Waals surface area contributed by atoms with Gasteiger partial charge in [0.05, 0.1) is 28.2 Å². The van der Waals surface area contributed by atoms with Gasteiger partial charge in [-0.25, -0.2) is 4.79 Å². The number of phenols is 1. The van der Waals surface area contributed by atoms with Gasteiger partial charge < -0.3 is 15.2 Å². The molecule has 144 valence electrons. The maximum absolute atomic E-state index is 12.7. The first-order valence-electron chi connectivity index (χ1n) is 8.30. The van der Waals surface area contributed by atoms with E-state index in [4.69, 9.17) is 27.9 Å². The number of hydrogen-bond acceptors (Lipinski definition) is 5. The number of benzene rings is 2. The molecule has 3 rings (SSSR count). The lowest BCUT2D eigenvalue weighted by Gasteiger charge is -2.18. The van der Waals surface area contributed by atoms with E-state index in [1.165, 1.54) is 25.3 Å². The molecule has 0 saturated heterocycles. The Morgan fingerprint density at radius 3 is 2.54 bits per heavy atom. The summed E-state index contributed by atoms with van der Waals surface area (Å²) in [4.78, 5) is 29.2. The fraction of sp³-hybridized carbons (Fsp3) is 0.150. The van der Waals surface area contributed by atoms with E-state index in [0.717, 1.165) is 0 Å². The van der Waals surface area contributed by atoms with E-state index in [-0.39, 0.29) is 27.8 Å². The SMILES string of the molecule is COC(=O)C(Cc1ccc(O)c2cccnc12)NC(=O)c1c(Cl)cccc1Cl. The predicted molar refractivity (Wildman–Crippen MR) is 107 cm³/mol. The van der Waals surface area contributed by atoms with Gasteiger partial charge in [0.25, 0.3) is 5.91 Å². The van der Waals surface area contributed by atoms with Crippen molar-refractivity contribution in [1.82, 2.24) is 10.3 Å². The number of carbonyl (C=O) groups excluding carboxylic acids is 2. The lowest BCUT2D eigenvalue weighted by atomic mass is 10.0. The van der Waals surface area contributed by atoms with Gasteiger partial charge in [0.2, 0.25) is 0 Å². The molecular formula is C20H16Cl2N2O4. The van der Waals surface area contributed by atoms with Gasteiger partial charge in [-0.2, -0.15) is 0 Å². The van der Waals surface area contributed by atoms with Crippen molar-refractivity contribution in [3.8, 4) is 5.75 Å². The lowest BCUT2D eigenvalue weighted by Crippen LogP contribution is -2.43. The van der Waals surface area contributed by atoms with E-state index in [1.807, 2.05) is 0 Å². The standard InChI is InChI=1S/C20H16Cl2N2O4/c1-28-20(27)15(24-19(26)17-13(21)5-2-6-14(17)22)10-11-7-8-16(25)12-4-3-9-23-18(11)12/h2-9,15,25H,10H2,1H3,(H,24,26). The van der Waals surface area contributed by atoms with Crippen LogP contribution >= 0.6 is 23.2 Å². The summed E-state index contributed by atoms with van der Waals surface area (Å²) < 4.78 is 4.83. The number of rotatable bonds is 5. The summed E-state index contributed by atoms with van der Waals surface area (Å²) in [6.07, 6.45) is 1.69. The number of esters is 1. The van der Waals surface area contributed by atoms with Crippen LogP contribution in [-0.2, 0) is 16.0 Å². The zero-order valence-electron chi connectivity index (χ0n) is 14.8. The van der Waals surface area contributed by atoms with Crippen LogP contribution in [0.5, 0.6) is 5.75 Å². The van der Waals surface area contributed by atoms with E-state index in [1.54, 1.807) is 30.5 Å². The first-order valence-corrected chi connectivity index (χ1v) is 9.06. The smallest absolute Gasteiger partial charge is 0.328 e. The van der Waals surface area contributed by atoms with Crippen LogP contribution in [0.3, 0.4) is 0 Å². The number of nitrogens with one attached hydrogen (secondary N) is 1. The molecule has 1 amide bonds. The minimum atomic E-state index is -1.00. The molecule has 1 aromatic heterocycles. The van der Waals surface area contributed by atoms with Crippen LogP contribution in [0, 0.1) is 0 Å².